The minimum absolute atomic E-state index is 0.00809. The number of carbonyl (C=O) groups excluding carboxylic acids is 4. The van der Waals surface area contributed by atoms with Crippen LogP contribution in [0.15, 0.2) is 34.6 Å². The summed E-state index contributed by atoms with van der Waals surface area (Å²) in [4.78, 5) is 51.1. The predicted molar refractivity (Wildman–Crippen MR) is 106 cm³/mol. The molecule has 0 aromatic heterocycles. The second kappa shape index (κ2) is 9.53. The van der Waals surface area contributed by atoms with Crippen LogP contribution in [0.25, 0.3) is 0 Å². The van der Waals surface area contributed by atoms with E-state index in [1.807, 2.05) is 0 Å². The summed E-state index contributed by atoms with van der Waals surface area (Å²) in [5.74, 6) is -8.04. The third kappa shape index (κ3) is 4.13. The maximum absolute atomic E-state index is 12.9. The molecule has 0 aromatic rings. The Hall–Kier alpha value is -3.18. The fourth-order valence-corrected chi connectivity index (χ4v) is 3.63. The Morgan fingerprint density at radius 1 is 1.00 bits per heavy atom. The molecule has 0 fully saturated rings. The number of aliphatic hydroxyl groups excluding tert-OH is 1. The molecule has 2 rings (SSSR count). The predicted octanol–water partition coefficient (Wildman–Crippen LogP) is 0.885. The Morgan fingerprint density at radius 2 is 1.56 bits per heavy atom. The van der Waals surface area contributed by atoms with Crippen LogP contribution in [0.3, 0.4) is 0 Å². The number of methoxy groups -OCH3 is 4. The van der Waals surface area contributed by atoms with E-state index >= 15 is 0 Å². The summed E-state index contributed by atoms with van der Waals surface area (Å²) >= 11 is 0. The van der Waals surface area contributed by atoms with E-state index in [2.05, 4.69) is 0 Å². The van der Waals surface area contributed by atoms with Crippen LogP contribution in [0, 0.1) is 5.92 Å². The van der Waals surface area contributed by atoms with Crippen LogP contribution < -0.4 is 0 Å². The van der Waals surface area contributed by atoms with Crippen molar-refractivity contribution in [3.8, 4) is 0 Å². The zero-order valence-corrected chi connectivity index (χ0v) is 18.7. The molecule has 0 unspecified atom stereocenters. The first kappa shape index (κ1) is 25.1. The summed E-state index contributed by atoms with van der Waals surface area (Å²) in [5.41, 5.74) is -3.48. The topological polar surface area (TPSA) is 144 Å². The summed E-state index contributed by atoms with van der Waals surface area (Å²) in [6.45, 7) is 2.97. The molecular weight excluding hydrogens is 428 g/mol. The number of rotatable bonds is 6. The quantitative estimate of drug-likeness (QED) is 0.347. The monoisotopic (exact) mass is 454 g/mol. The van der Waals surface area contributed by atoms with Crippen molar-refractivity contribution < 1.29 is 52.7 Å². The highest BCUT2D eigenvalue weighted by Gasteiger charge is 2.56. The van der Waals surface area contributed by atoms with Crippen molar-refractivity contribution >= 4 is 23.9 Å². The van der Waals surface area contributed by atoms with Crippen LogP contribution in [0.1, 0.15) is 20.3 Å². The van der Waals surface area contributed by atoms with Gasteiger partial charge in [0.1, 0.15) is 22.9 Å². The van der Waals surface area contributed by atoms with Crippen molar-refractivity contribution in [2.75, 3.05) is 35.0 Å². The van der Waals surface area contributed by atoms with Crippen LogP contribution >= 0.6 is 0 Å². The molecule has 11 heteroatoms. The third-order valence-corrected chi connectivity index (χ3v) is 5.26. The van der Waals surface area contributed by atoms with Crippen LogP contribution in [-0.4, -0.2) is 75.4 Å². The lowest BCUT2D eigenvalue weighted by Crippen LogP contribution is -2.47. The third-order valence-electron chi connectivity index (χ3n) is 5.26. The molecule has 0 radical (unpaired) electrons. The lowest BCUT2D eigenvalue weighted by molar-refractivity contribution is -0.246. The summed E-state index contributed by atoms with van der Waals surface area (Å²) < 4.78 is 30.9. The second-order valence-corrected chi connectivity index (χ2v) is 7.03. The molecule has 11 nitrogen and oxygen atoms in total. The molecule has 2 aliphatic rings. The highest BCUT2D eigenvalue weighted by Crippen LogP contribution is 2.46. The molecule has 0 saturated heterocycles. The summed E-state index contributed by atoms with van der Waals surface area (Å²) in [6.07, 6.45) is 2.22. The van der Waals surface area contributed by atoms with Crippen molar-refractivity contribution in [2.45, 2.75) is 31.7 Å². The first-order valence-electron chi connectivity index (χ1n) is 9.60. The molecule has 2 bridgehead atoms. The van der Waals surface area contributed by atoms with Crippen molar-refractivity contribution in [2.24, 2.45) is 5.92 Å². The van der Waals surface area contributed by atoms with E-state index in [-0.39, 0.29) is 6.61 Å². The van der Waals surface area contributed by atoms with Crippen LogP contribution in [0.5, 0.6) is 0 Å². The SMILES string of the molecule is CCOC(=O)[C@@H]1C/C(C(=O)OC)=C(C(=O)OC)\C(C(=O)OC)=C(\O)[C@]2(C)C=C[C@@]1(OC)O2. The van der Waals surface area contributed by atoms with Crippen molar-refractivity contribution in [1.82, 2.24) is 0 Å². The summed E-state index contributed by atoms with van der Waals surface area (Å²) in [5, 5.41) is 11.1. The minimum Gasteiger partial charge on any atom is -0.508 e. The molecule has 0 spiro atoms. The van der Waals surface area contributed by atoms with Gasteiger partial charge in [-0.15, -0.1) is 0 Å². The molecule has 0 aliphatic carbocycles. The Bertz CT molecular complexity index is 913. The zero-order chi connectivity index (χ0) is 24.3. The normalized spacial score (nSPS) is 31.8. The van der Waals surface area contributed by atoms with Gasteiger partial charge in [-0.05, 0) is 32.4 Å². The number of hydrogen-bond acceptors (Lipinski definition) is 11. The molecule has 2 aliphatic heterocycles. The van der Waals surface area contributed by atoms with E-state index in [1.54, 1.807) is 6.92 Å². The summed E-state index contributed by atoms with van der Waals surface area (Å²) in [7, 11) is 4.35. The van der Waals surface area contributed by atoms with E-state index in [0.717, 1.165) is 21.3 Å². The van der Waals surface area contributed by atoms with E-state index in [1.165, 1.54) is 26.2 Å². The minimum atomic E-state index is -1.80. The molecule has 3 atom stereocenters. The Labute approximate surface area is 184 Å². The largest absolute Gasteiger partial charge is 0.508 e. The van der Waals surface area contributed by atoms with Gasteiger partial charge in [0.2, 0.25) is 5.79 Å². The van der Waals surface area contributed by atoms with Gasteiger partial charge in [-0.25, -0.2) is 14.4 Å². The maximum atomic E-state index is 12.9. The van der Waals surface area contributed by atoms with E-state index in [0.29, 0.717) is 0 Å². The fourth-order valence-electron chi connectivity index (χ4n) is 3.63. The highest BCUT2D eigenvalue weighted by molar-refractivity contribution is 6.12. The molecule has 2 heterocycles. The standard InChI is InChI=1S/C21H26O11/c1-7-31-17(24)12-10-11(16(23)27-3)13(18(25)28-4)14(19(26)29-5)15(22)20(2)8-9-21(12,30-6)32-20/h8-9,12,22H,7,10H2,1-6H3/b13-11-,15-14-/t12-,20-,21+/m0/s1. The smallest absolute Gasteiger partial charge is 0.342 e. The number of aliphatic hydroxyl groups is 1. The van der Waals surface area contributed by atoms with Crippen LogP contribution in [0.2, 0.25) is 0 Å². The van der Waals surface area contributed by atoms with Gasteiger partial charge >= 0.3 is 23.9 Å². The van der Waals surface area contributed by atoms with Gasteiger partial charge in [0, 0.05) is 7.11 Å². The van der Waals surface area contributed by atoms with Crippen molar-refractivity contribution in [3.63, 3.8) is 0 Å². The van der Waals surface area contributed by atoms with Crippen LogP contribution in [-0.2, 0) is 47.6 Å². The van der Waals surface area contributed by atoms with Gasteiger partial charge in [-0.1, -0.05) is 0 Å². The van der Waals surface area contributed by atoms with E-state index in [9.17, 15) is 24.3 Å². The Kier molecular flexibility index (Phi) is 7.47. The molecule has 0 aromatic carbocycles. The van der Waals surface area contributed by atoms with Gasteiger partial charge in [0.25, 0.3) is 0 Å². The van der Waals surface area contributed by atoms with Gasteiger partial charge in [-0.3, -0.25) is 4.79 Å². The fraction of sp³-hybridized carbons (Fsp3) is 0.524. The first-order chi connectivity index (χ1) is 15.1. The average molecular weight is 454 g/mol. The molecule has 1 N–H and O–H groups in total. The molecular formula is C21H26O11. The van der Waals surface area contributed by atoms with Crippen molar-refractivity contribution in [1.29, 1.82) is 0 Å². The van der Waals surface area contributed by atoms with Gasteiger partial charge in [0.05, 0.1) is 39.1 Å². The Balaban J connectivity index is 3.01. The number of ether oxygens (including phenoxy) is 6. The zero-order valence-electron chi connectivity index (χ0n) is 18.7. The maximum Gasteiger partial charge on any atom is 0.342 e. The lowest BCUT2D eigenvalue weighted by Gasteiger charge is -2.36. The van der Waals surface area contributed by atoms with Gasteiger partial charge < -0.3 is 33.5 Å². The molecule has 32 heavy (non-hydrogen) atoms. The highest BCUT2D eigenvalue weighted by atomic mass is 16.7. The van der Waals surface area contributed by atoms with E-state index < -0.39 is 70.1 Å². The molecule has 0 amide bonds. The van der Waals surface area contributed by atoms with E-state index in [4.69, 9.17) is 28.4 Å². The summed E-state index contributed by atoms with van der Waals surface area (Å²) in [6, 6.07) is 0. The Morgan fingerprint density at radius 3 is 2.06 bits per heavy atom. The first-order valence-corrected chi connectivity index (χ1v) is 9.60. The second-order valence-electron chi connectivity index (χ2n) is 7.03. The van der Waals surface area contributed by atoms with Gasteiger partial charge in [0.15, 0.2) is 0 Å². The number of fused-ring (bicyclic) bond motifs is 2. The number of hydrogen-bond donors (Lipinski definition) is 1. The lowest BCUT2D eigenvalue weighted by atomic mass is 9.85. The van der Waals surface area contributed by atoms with Gasteiger partial charge in [-0.2, -0.15) is 0 Å². The molecule has 0 saturated carbocycles. The number of esters is 4. The average Bonchev–Trinajstić information content (AvgIpc) is 3.16. The van der Waals surface area contributed by atoms with Crippen LogP contribution in [0.4, 0.5) is 0 Å². The number of carbonyl (C=O) groups is 4. The molecule has 176 valence electrons. The van der Waals surface area contributed by atoms with Crippen molar-refractivity contribution in [3.05, 3.63) is 34.6 Å².